The van der Waals surface area contributed by atoms with Gasteiger partial charge in [0.25, 0.3) is 0 Å². The first-order chi connectivity index (χ1) is 13.0. The van der Waals surface area contributed by atoms with Crippen molar-refractivity contribution < 1.29 is 23.9 Å². The van der Waals surface area contributed by atoms with E-state index >= 15 is 0 Å². The molecule has 8 nitrogen and oxygen atoms in total. The third kappa shape index (κ3) is 5.60. The van der Waals surface area contributed by atoms with Crippen molar-refractivity contribution in [3.63, 3.8) is 0 Å². The highest BCUT2D eigenvalue weighted by Crippen LogP contribution is 2.27. The minimum Gasteiger partial charge on any atom is -0.493 e. The normalized spacial score (nSPS) is 13.9. The molecule has 0 atom stereocenters. The monoisotopic (exact) mass is 377 g/mol. The van der Waals surface area contributed by atoms with Gasteiger partial charge in [-0.2, -0.15) is 0 Å². The molecule has 27 heavy (non-hydrogen) atoms. The van der Waals surface area contributed by atoms with Crippen molar-refractivity contribution in [2.24, 2.45) is 0 Å². The fourth-order valence-electron chi connectivity index (χ4n) is 2.99. The van der Waals surface area contributed by atoms with Gasteiger partial charge in [-0.15, -0.1) is 0 Å². The minimum absolute atomic E-state index is 0.0453. The van der Waals surface area contributed by atoms with Crippen molar-refractivity contribution in [1.29, 1.82) is 0 Å². The minimum atomic E-state index is -0.143. The number of methoxy groups -OCH3 is 2. The number of hydrogen-bond donors (Lipinski definition) is 0. The summed E-state index contributed by atoms with van der Waals surface area (Å²) in [7, 11) is 3.15. The highest BCUT2D eigenvalue weighted by Gasteiger charge is 2.23. The summed E-state index contributed by atoms with van der Waals surface area (Å²) in [6.45, 7) is 4.00. The first-order valence-corrected chi connectivity index (χ1v) is 8.92. The molecule has 148 valence electrons. The largest absolute Gasteiger partial charge is 0.493 e. The van der Waals surface area contributed by atoms with E-state index in [1.54, 1.807) is 28.9 Å². The van der Waals surface area contributed by atoms with E-state index in [4.69, 9.17) is 9.47 Å². The molecule has 0 aliphatic carbocycles. The Morgan fingerprint density at radius 1 is 1.11 bits per heavy atom. The Kier molecular flexibility index (Phi) is 7.45. The summed E-state index contributed by atoms with van der Waals surface area (Å²) < 4.78 is 10.5. The first-order valence-electron chi connectivity index (χ1n) is 8.92. The molecule has 1 saturated heterocycles. The van der Waals surface area contributed by atoms with Gasteiger partial charge in [-0.3, -0.25) is 14.4 Å². The lowest BCUT2D eigenvalue weighted by Gasteiger charge is -2.34. The van der Waals surface area contributed by atoms with Crippen LogP contribution in [0.2, 0.25) is 0 Å². The second-order valence-electron chi connectivity index (χ2n) is 6.40. The van der Waals surface area contributed by atoms with Gasteiger partial charge in [-0.25, -0.2) is 0 Å². The number of nitrogens with zero attached hydrogens (tertiary/aromatic N) is 3. The molecule has 3 amide bonds. The Balaban J connectivity index is 1.93. The highest BCUT2D eigenvalue weighted by atomic mass is 16.5. The molecule has 0 N–H and O–H groups in total. The summed E-state index contributed by atoms with van der Waals surface area (Å²) in [6, 6.07) is 5.61. The van der Waals surface area contributed by atoms with Crippen LogP contribution in [-0.2, 0) is 20.8 Å². The van der Waals surface area contributed by atoms with Crippen molar-refractivity contribution in [1.82, 2.24) is 14.7 Å². The lowest BCUT2D eigenvalue weighted by molar-refractivity contribution is -0.141. The van der Waals surface area contributed by atoms with E-state index in [-0.39, 0.29) is 18.4 Å². The zero-order chi connectivity index (χ0) is 19.8. The zero-order valence-electron chi connectivity index (χ0n) is 16.1. The topological polar surface area (TPSA) is 79.4 Å². The van der Waals surface area contributed by atoms with Gasteiger partial charge in [0.15, 0.2) is 11.5 Å². The number of hydrogen-bond acceptors (Lipinski definition) is 5. The second kappa shape index (κ2) is 9.80. The van der Waals surface area contributed by atoms with Crippen LogP contribution in [-0.4, -0.2) is 86.4 Å². The molecule has 1 aromatic rings. The molecule has 1 aliphatic heterocycles. The summed E-state index contributed by atoms with van der Waals surface area (Å²) in [5.41, 5.74) is 0.992. The number of rotatable bonds is 8. The van der Waals surface area contributed by atoms with Crippen molar-refractivity contribution in [2.45, 2.75) is 13.3 Å². The van der Waals surface area contributed by atoms with Crippen LogP contribution in [0, 0.1) is 0 Å². The summed E-state index contributed by atoms with van der Waals surface area (Å²) in [5, 5.41) is 0. The molecule has 0 radical (unpaired) electrons. The third-order valence-corrected chi connectivity index (χ3v) is 4.71. The van der Waals surface area contributed by atoms with E-state index in [0.29, 0.717) is 50.6 Å². The van der Waals surface area contributed by atoms with Crippen molar-refractivity contribution in [3.8, 4) is 11.5 Å². The van der Waals surface area contributed by atoms with Gasteiger partial charge >= 0.3 is 0 Å². The Morgan fingerprint density at radius 3 is 2.33 bits per heavy atom. The van der Waals surface area contributed by atoms with Crippen LogP contribution in [0.3, 0.4) is 0 Å². The predicted molar refractivity (Wildman–Crippen MR) is 99.7 cm³/mol. The number of ether oxygens (including phenoxy) is 2. The second-order valence-corrected chi connectivity index (χ2v) is 6.40. The van der Waals surface area contributed by atoms with Gasteiger partial charge in [-0.05, 0) is 24.1 Å². The Labute approximate surface area is 159 Å². The van der Waals surface area contributed by atoms with Crippen LogP contribution in [0.1, 0.15) is 12.5 Å². The van der Waals surface area contributed by atoms with Crippen molar-refractivity contribution in [2.75, 3.05) is 53.5 Å². The quantitative estimate of drug-likeness (QED) is 0.613. The first kappa shape index (κ1) is 20.5. The van der Waals surface area contributed by atoms with Crippen LogP contribution in [0.4, 0.5) is 0 Å². The molecule has 1 aromatic carbocycles. The van der Waals surface area contributed by atoms with E-state index < -0.39 is 0 Å². The fraction of sp³-hybridized carbons (Fsp3) is 0.526. The highest BCUT2D eigenvalue weighted by molar-refractivity contribution is 5.84. The number of carbonyl (C=O) groups excluding carboxylic acids is 3. The van der Waals surface area contributed by atoms with Gasteiger partial charge in [0.2, 0.25) is 18.2 Å². The summed E-state index contributed by atoms with van der Waals surface area (Å²) in [5.74, 6) is 1.04. The van der Waals surface area contributed by atoms with E-state index in [2.05, 4.69) is 0 Å². The molecule has 0 aromatic heterocycles. The molecular weight excluding hydrogens is 350 g/mol. The fourth-order valence-corrected chi connectivity index (χ4v) is 2.99. The summed E-state index contributed by atoms with van der Waals surface area (Å²) in [6.07, 6.45) is 1.40. The van der Waals surface area contributed by atoms with Gasteiger partial charge < -0.3 is 24.2 Å². The summed E-state index contributed by atoms with van der Waals surface area (Å²) >= 11 is 0. The maximum absolute atomic E-state index is 12.5. The maximum Gasteiger partial charge on any atom is 0.242 e. The Bertz CT molecular complexity index is 671. The molecule has 2 rings (SSSR count). The van der Waals surface area contributed by atoms with Crippen LogP contribution in [0.15, 0.2) is 18.2 Å². The van der Waals surface area contributed by atoms with E-state index in [1.807, 2.05) is 18.2 Å². The van der Waals surface area contributed by atoms with Crippen LogP contribution in [0.5, 0.6) is 11.5 Å². The number of benzene rings is 1. The molecule has 0 spiro atoms. The summed E-state index contributed by atoms with van der Waals surface area (Å²) in [4.78, 5) is 40.1. The number of carbonyl (C=O) groups is 3. The number of piperazine rings is 1. The molecule has 0 saturated carbocycles. The molecular formula is C19H27N3O5. The molecule has 0 bridgehead atoms. The molecule has 1 heterocycles. The lowest BCUT2D eigenvalue weighted by atomic mass is 10.1. The zero-order valence-corrected chi connectivity index (χ0v) is 16.1. The maximum atomic E-state index is 12.5. The average Bonchev–Trinajstić information content (AvgIpc) is 2.70. The van der Waals surface area contributed by atoms with Crippen LogP contribution < -0.4 is 9.47 Å². The molecule has 1 aliphatic rings. The molecule has 1 fully saturated rings. The van der Waals surface area contributed by atoms with Crippen LogP contribution >= 0.6 is 0 Å². The molecule has 0 unspecified atom stereocenters. The standard InChI is InChI=1S/C19H27N3O5/c1-15(24)22(13-19(25)21-10-8-20(14-23)9-11-21)7-6-16-4-5-17(26-2)18(12-16)27-3/h4-5,12,14H,6-11,13H2,1-3H3. The van der Waals surface area contributed by atoms with Gasteiger partial charge in [0.1, 0.15) is 0 Å². The Hall–Kier alpha value is -2.77. The number of amides is 3. The van der Waals surface area contributed by atoms with Gasteiger partial charge in [-0.1, -0.05) is 6.07 Å². The van der Waals surface area contributed by atoms with Gasteiger partial charge in [0.05, 0.1) is 20.8 Å². The van der Waals surface area contributed by atoms with E-state index in [0.717, 1.165) is 12.0 Å². The lowest BCUT2D eigenvalue weighted by Crippen LogP contribution is -2.51. The molecule has 8 heteroatoms. The predicted octanol–water partition coefficient (Wildman–Crippen LogP) is 0.395. The smallest absolute Gasteiger partial charge is 0.242 e. The average molecular weight is 377 g/mol. The van der Waals surface area contributed by atoms with Crippen LogP contribution in [0.25, 0.3) is 0 Å². The van der Waals surface area contributed by atoms with E-state index in [9.17, 15) is 14.4 Å². The van der Waals surface area contributed by atoms with Gasteiger partial charge in [0, 0.05) is 39.6 Å². The SMILES string of the molecule is COc1ccc(CCN(CC(=O)N2CCN(C=O)CC2)C(C)=O)cc1OC. The third-order valence-electron chi connectivity index (χ3n) is 4.71. The van der Waals surface area contributed by atoms with Crippen molar-refractivity contribution in [3.05, 3.63) is 23.8 Å². The van der Waals surface area contributed by atoms with E-state index in [1.165, 1.54) is 6.92 Å². The Morgan fingerprint density at radius 2 is 1.78 bits per heavy atom. The van der Waals surface area contributed by atoms with Crippen molar-refractivity contribution >= 4 is 18.2 Å².